The smallest absolute Gasteiger partial charge is 0.330 e. The zero-order valence-electron chi connectivity index (χ0n) is 7.84. The molecule has 2 fully saturated rings. The highest BCUT2D eigenvalue weighted by molar-refractivity contribution is 5.82. The van der Waals surface area contributed by atoms with Crippen LogP contribution in [0.3, 0.4) is 0 Å². The van der Waals surface area contributed by atoms with Gasteiger partial charge in [-0.05, 0) is 24.8 Å². The average molecular weight is 182 g/mol. The van der Waals surface area contributed by atoms with E-state index in [4.69, 9.17) is 4.74 Å². The third kappa shape index (κ3) is 1.61. The molecule has 0 aromatic carbocycles. The van der Waals surface area contributed by atoms with E-state index >= 15 is 0 Å². The summed E-state index contributed by atoms with van der Waals surface area (Å²) < 4.78 is 10.2. The minimum Gasteiger partial charge on any atom is -0.466 e. The Morgan fingerprint density at radius 3 is 2.85 bits per heavy atom. The molecule has 0 atom stereocenters. The Labute approximate surface area is 77.7 Å². The summed E-state index contributed by atoms with van der Waals surface area (Å²) in [5, 5.41) is 0. The second-order valence-corrected chi connectivity index (χ2v) is 3.83. The summed E-state index contributed by atoms with van der Waals surface area (Å²) in [6.07, 6.45) is 6.03. The number of carbonyl (C=O) groups excluding carboxylic acids is 1. The van der Waals surface area contributed by atoms with Gasteiger partial charge in [0.1, 0.15) is 0 Å². The van der Waals surface area contributed by atoms with Crippen LogP contribution in [0.2, 0.25) is 0 Å². The van der Waals surface area contributed by atoms with Crippen LogP contribution in [0.25, 0.3) is 0 Å². The van der Waals surface area contributed by atoms with Crippen molar-refractivity contribution in [3.8, 4) is 0 Å². The van der Waals surface area contributed by atoms with Crippen LogP contribution in [0, 0.1) is 0 Å². The zero-order chi connectivity index (χ0) is 9.31. The largest absolute Gasteiger partial charge is 0.466 e. The summed E-state index contributed by atoms with van der Waals surface area (Å²) in [5.74, 6) is -0.269. The van der Waals surface area contributed by atoms with Gasteiger partial charge in [0.05, 0.1) is 19.3 Å². The van der Waals surface area contributed by atoms with Gasteiger partial charge < -0.3 is 9.47 Å². The van der Waals surface area contributed by atoms with E-state index in [1.165, 1.54) is 13.5 Å². The minimum absolute atomic E-state index is 0.0971. The molecule has 72 valence electrons. The standard InChI is InChI=1S/C10H14O3/c1-12-9(11)5-8-6-10(13-7-8)3-2-4-10/h5H,2-4,6-7H2,1H3/b8-5+. The van der Waals surface area contributed by atoms with Gasteiger partial charge in [-0.15, -0.1) is 0 Å². The SMILES string of the molecule is COC(=O)/C=C1/COC2(CCC2)C1. The molecule has 1 saturated carbocycles. The number of ether oxygens (including phenoxy) is 2. The highest BCUT2D eigenvalue weighted by Gasteiger charge is 2.42. The number of rotatable bonds is 1. The van der Waals surface area contributed by atoms with Crippen molar-refractivity contribution in [3.63, 3.8) is 0 Å². The van der Waals surface area contributed by atoms with Crippen molar-refractivity contribution >= 4 is 5.97 Å². The predicted octanol–water partition coefficient (Wildman–Crippen LogP) is 1.43. The molecule has 2 aliphatic rings. The van der Waals surface area contributed by atoms with Crippen molar-refractivity contribution in [3.05, 3.63) is 11.6 Å². The van der Waals surface area contributed by atoms with Crippen molar-refractivity contribution in [2.45, 2.75) is 31.3 Å². The molecule has 0 unspecified atom stereocenters. The molecular weight excluding hydrogens is 168 g/mol. The van der Waals surface area contributed by atoms with Crippen LogP contribution in [-0.2, 0) is 14.3 Å². The lowest BCUT2D eigenvalue weighted by atomic mass is 9.77. The molecule has 0 aromatic heterocycles. The van der Waals surface area contributed by atoms with Crippen LogP contribution in [0.15, 0.2) is 11.6 Å². The maximum Gasteiger partial charge on any atom is 0.330 e. The molecule has 2 rings (SSSR count). The van der Waals surface area contributed by atoms with E-state index in [1.54, 1.807) is 6.08 Å². The molecule has 1 heterocycles. The maximum absolute atomic E-state index is 10.9. The Hall–Kier alpha value is -0.830. The normalized spacial score (nSPS) is 27.6. The third-order valence-electron chi connectivity index (χ3n) is 2.90. The van der Waals surface area contributed by atoms with Gasteiger partial charge in [0.2, 0.25) is 0 Å². The first kappa shape index (κ1) is 8.75. The second-order valence-electron chi connectivity index (χ2n) is 3.83. The topological polar surface area (TPSA) is 35.5 Å². The Balaban J connectivity index is 1.97. The van der Waals surface area contributed by atoms with Crippen molar-refractivity contribution < 1.29 is 14.3 Å². The van der Waals surface area contributed by atoms with Crippen LogP contribution < -0.4 is 0 Å². The van der Waals surface area contributed by atoms with E-state index in [0.29, 0.717) is 6.61 Å². The van der Waals surface area contributed by atoms with Crippen molar-refractivity contribution in [1.29, 1.82) is 0 Å². The van der Waals surface area contributed by atoms with E-state index in [9.17, 15) is 4.79 Å². The highest BCUT2D eigenvalue weighted by Crippen LogP contribution is 2.44. The molecule has 13 heavy (non-hydrogen) atoms. The molecule has 0 bridgehead atoms. The molecule has 3 nitrogen and oxygen atoms in total. The summed E-state index contributed by atoms with van der Waals surface area (Å²) in [5.41, 5.74) is 1.17. The van der Waals surface area contributed by atoms with Crippen molar-refractivity contribution in [1.82, 2.24) is 0 Å². The molecule has 1 spiro atoms. The molecule has 1 aliphatic carbocycles. The first-order valence-electron chi connectivity index (χ1n) is 4.65. The predicted molar refractivity (Wildman–Crippen MR) is 47.3 cm³/mol. The van der Waals surface area contributed by atoms with Gasteiger partial charge in [0.25, 0.3) is 0 Å². The van der Waals surface area contributed by atoms with E-state index in [1.807, 2.05) is 0 Å². The van der Waals surface area contributed by atoms with Gasteiger partial charge in [-0.2, -0.15) is 0 Å². The Morgan fingerprint density at radius 1 is 1.62 bits per heavy atom. The number of methoxy groups -OCH3 is 1. The minimum atomic E-state index is -0.269. The summed E-state index contributed by atoms with van der Waals surface area (Å²) >= 11 is 0. The number of esters is 1. The fourth-order valence-corrected chi connectivity index (χ4v) is 1.97. The zero-order valence-corrected chi connectivity index (χ0v) is 7.84. The Bertz CT molecular complexity index is 251. The monoisotopic (exact) mass is 182 g/mol. The number of hydrogen-bond acceptors (Lipinski definition) is 3. The summed E-state index contributed by atoms with van der Waals surface area (Å²) in [6, 6.07) is 0. The van der Waals surface area contributed by atoms with Crippen molar-refractivity contribution in [2.75, 3.05) is 13.7 Å². The van der Waals surface area contributed by atoms with Crippen LogP contribution in [-0.4, -0.2) is 25.3 Å². The lowest BCUT2D eigenvalue weighted by Crippen LogP contribution is -2.35. The van der Waals surface area contributed by atoms with E-state index in [-0.39, 0.29) is 11.6 Å². The summed E-state index contributed by atoms with van der Waals surface area (Å²) in [4.78, 5) is 10.9. The molecule has 1 saturated heterocycles. The van der Waals surface area contributed by atoms with Crippen molar-refractivity contribution in [2.24, 2.45) is 0 Å². The van der Waals surface area contributed by atoms with Gasteiger partial charge >= 0.3 is 5.97 Å². The maximum atomic E-state index is 10.9. The highest BCUT2D eigenvalue weighted by atomic mass is 16.5. The van der Waals surface area contributed by atoms with E-state index in [0.717, 1.165) is 24.8 Å². The molecule has 3 heteroatoms. The van der Waals surface area contributed by atoms with Gasteiger partial charge in [0, 0.05) is 12.5 Å². The first-order chi connectivity index (χ1) is 6.24. The second kappa shape index (κ2) is 3.14. The third-order valence-corrected chi connectivity index (χ3v) is 2.90. The summed E-state index contributed by atoms with van der Waals surface area (Å²) in [7, 11) is 1.40. The Morgan fingerprint density at radius 2 is 2.38 bits per heavy atom. The van der Waals surface area contributed by atoms with Crippen LogP contribution in [0.1, 0.15) is 25.7 Å². The van der Waals surface area contributed by atoms with E-state index < -0.39 is 0 Å². The Kier molecular flexibility index (Phi) is 2.12. The molecule has 1 aliphatic heterocycles. The molecule has 0 amide bonds. The van der Waals surface area contributed by atoms with Gasteiger partial charge in [-0.1, -0.05) is 0 Å². The fourth-order valence-electron chi connectivity index (χ4n) is 1.97. The molecule has 0 aromatic rings. The average Bonchev–Trinajstić information content (AvgIpc) is 2.48. The fraction of sp³-hybridized carbons (Fsp3) is 0.700. The van der Waals surface area contributed by atoms with Gasteiger partial charge in [-0.25, -0.2) is 4.79 Å². The molecular formula is C10H14O3. The lowest BCUT2D eigenvalue weighted by molar-refractivity contribution is -0.134. The van der Waals surface area contributed by atoms with Crippen LogP contribution in [0.4, 0.5) is 0 Å². The van der Waals surface area contributed by atoms with Gasteiger partial charge in [-0.3, -0.25) is 0 Å². The molecule has 0 radical (unpaired) electrons. The number of hydrogen-bond donors (Lipinski definition) is 0. The first-order valence-corrected chi connectivity index (χ1v) is 4.65. The quantitative estimate of drug-likeness (QED) is 0.454. The lowest BCUT2D eigenvalue weighted by Gasteiger charge is -2.36. The van der Waals surface area contributed by atoms with Gasteiger partial charge in [0.15, 0.2) is 0 Å². The summed E-state index contributed by atoms with van der Waals surface area (Å²) in [6.45, 7) is 0.606. The molecule has 0 N–H and O–H groups in total. The van der Waals surface area contributed by atoms with Crippen LogP contribution >= 0.6 is 0 Å². The number of carbonyl (C=O) groups is 1. The van der Waals surface area contributed by atoms with E-state index in [2.05, 4.69) is 4.74 Å². The van der Waals surface area contributed by atoms with Crippen LogP contribution in [0.5, 0.6) is 0 Å².